The lowest BCUT2D eigenvalue weighted by molar-refractivity contribution is 0.351. The van der Waals surface area contributed by atoms with E-state index in [0.717, 1.165) is 6.54 Å². The minimum atomic E-state index is 0.665. The van der Waals surface area contributed by atoms with Crippen molar-refractivity contribution in [1.29, 1.82) is 0 Å². The third-order valence-corrected chi connectivity index (χ3v) is 2.30. The van der Waals surface area contributed by atoms with Crippen molar-refractivity contribution in [2.45, 2.75) is 39.7 Å². The predicted molar refractivity (Wildman–Crippen MR) is 45.7 cm³/mol. The molecular weight excluding hydrogens is 130 g/mol. The highest BCUT2D eigenvalue weighted by Gasteiger charge is 2.07. The number of hydrogen-bond acceptors (Lipinski definition) is 2. The lowest BCUT2D eigenvalue weighted by Gasteiger charge is -2.22. The van der Waals surface area contributed by atoms with Gasteiger partial charge < -0.3 is 0 Å². The summed E-state index contributed by atoms with van der Waals surface area (Å²) in [5.74, 6) is 0. The number of thiol groups is 1. The van der Waals surface area contributed by atoms with E-state index in [1.54, 1.807) is 0 Å². The second kappa shape index (κ2) is 5.12. The lowest BCUT2D eigenvalue weighted by Crippen LogP contribution is -2.25. The molecule has 0 saturated carbocycles. The summed E-state index contributed by atoms with van der Waals surface area (Å²) in [6.07, 6.45) is 2.40. The van der Waals surface area contributed by atoms with Crippen molar-refractivity contribution in [1.82, 2.24) is 4.31 Å². The molecule has 0 N–H and O–H groups in total. The lowest BCUT2D eigenvalue weighted by atomic mass is 10.2. The summed E-state index contributed by atoms with van der Waals surface area (Å²) in [7, 11) is 0. The number of rotatable bonds is 4. The zero-order chi connectivity index (χ0) is 7.28. The first-order valence-electron chi connectivity index (χ1n) is 3.71. The molecule has 0 spiro atoms. The monoisotopic (exact) mass is 147 g/mol. The quantitative estimate of drug-likeness (QED) is 0.597. The Labute approximate surface area is 64.0 Å². The van der Waals surface area contributed by atoms with Crippen molar-refractivity contribution in [3.63, 3.8) is 0 Å². The van der Waals surface area contributed by atoms with Crippen molar-refractivity contribution < 1.29 is 0 Å². The van der Waals surface area contributed by atoms with Crippen LogP contribution in [0, 0.1) is 0 Å². The van der Waals surface area contributed by atoms with Gasteiger partial charge in [0.1, 0.15) is 0 Å². The zero-order valence-corrected chi connectivity index (χ0v) is 7.49. The molecule has 0 aromatic carbocycles. The van der Waals surface area contributed by atoms with Crippen LogP contribution in [0.3, 0.4) is 0 Å². The predicted octanol–water partition coefficient (Wildman–Crippen LogP) is 2.34. The molecule has 56 valence electrons. The summed E-state index contributed by atoms with van der Waals surface area (Å²) in [5.41, 5.74) is 0. The van der Waals surface area contributed by atoms with E-state index in [2.05, 4.69) is 37.9 Å². The van der Waals surface area contributed by atoms with Gasteiger partial charge in [0, 0.05) is 12.6 Å². The molecule has 0 rings (SSSR count). The highest BCUT2D eigenvalue weighted by atomic mass is 32.1. The molecule has 9 heavy (non-hydrogen) atoms. The van der Waals surface area contributed by atoms with Gasteiger partial charge in [-0.3, -0.25) is 4.31 Å². The van der Waals surface area contributed by atoms with E-state index >= 15 is 0 Å². The molecule has 0 heterocycles. The largest absolute Gasteiger partial charge is 0.251 e. The SMILES string of the molecule is CCC(CC)N(S)CC. The summed E-state index contributed by atoms with van der Waals surface area (Å²) in [5, 5.41) is 0. The average molecular weight is 147 g/mol. The van der Waals surface area contributed by atoms with Gasteiger partial charge in [0.15, 0.2) is 0 Å². The Balaban J connectivity index is 3.50. The molecule has 0 aliphatic carbocycles. The molecule has 0 saturated heterocycles. The van der Waals surface area contributed by atoms with Crippen LogP contribution in [0.5, 0.6) is 0 Å². The van der Waals surface area contributed by atoms with Gasteiger partial charge in [-0.25, -0.2) is 0 Å². The molecule has 0 bridgehead atoms. The average Bonchev–Trinajstić information content (AvgIpc) is 1.90. The normalized spacial score (nSPS) is 11.3. The van der Waals surface area contributed by atoms with Gasteiger partial charge in [-0.2, -0.15) is 0 Å². The van der Waals surface area contributed by atoms with Gasteiger partial charge in [0.25, 0.3) is 0 Å². The van der Waals surface area contributed by atoms with E-state index in [4.69, 9.17) is 0 Å². The maximum Gasteiger partial charge on any atom is 0.0194 e. The summed E-state index contributed by atoms with van der Waals surface area (Å²) in [6, 6.07) is 0.665. The fourth-order valence-corrected chi connectivity index (χ4v) is 1.29. The fourth-order valence-electron chi connectivity index (χ4n) is 0.968. The van der Waals surface area contributed by atoms with Crippen molar-refractivity contribution >= 4 is 12.8 Å². The van der Waals surface area contributed by atoms with Gasteiger partial charge in [0.2, 0.25) is 0 Å². The Bertz CT molecular complexity index is 61.9. The first kappa shape index (κ1) is 9.31. The molecule has 0 aromatic heterocycles. The van der Waals surface area contributed by atoms with Gasteiger partial charge in [-0.05, 0) is 12.8 Å². The summed E-state index contributed by atoms with van der Waals surface area (Å²) in [4.78, 5) is 0. The smallest absolute Gasteiger partial charge is 0.0194 e. The first-order valence-corrected chi connectivity index (χ1v) is 4.11. The second-order valence-electron chi connectivity index (χ2n) is 2.23. The molecule has 0 atom stereocenters. The van der Waals surface area contributed by atoms with Crippen LogP contribution in [-0.4, -0.2) is 16.9 Å². The first-order chi connectivity index (χ1) is 4.26. The Morgan fingerprint density at radius 1 is 1.22 bits per heavy atom. The molecule has 0 unspecified atom stereocenters. The Hall–Kier alpha value is 0.310. The highest BCUT2D eigenvalue weighted by Crippen LogP contribution is 2.09. The van der Waals surface area contributed by atoms with E-state index < -0.39 is 0 Å². The topological polar surface area (TPSA) is 3.24 Å². The van der Waals surface area contributed by atoms with Crippen molar-refractivity contribution in [2.75, 3.05) is 6.54 Å². The van der Waals surface area contributed by atoms with E-state index in [1.807, 2.05) is 0 Å². The van der Waals surface area contributed by atoms with E-state index in [0.29, 0.717) is 6.04 Å². The van der Waals surface area contributed by atoms with Crippen molar-refractivity contribution in [3.05, 3.63) is 0 Å². The standard InChI is InChI=1S/C7H17NS/c1-4-7(5-2)8(9)6-3/h7,9H,4-6H2,1-3H3. The molecule has 0 radical (unpaired) electrons. The van der Waals surface area contributed by atoms with Crippen LogP contribution >= 0.6 is 12.8 Å². The number of hydrogen-bond donors (Lipinski definition) is 1. The molecule has 0 aliphatic heterocycles. The van der Waals surface area contributed by atoms with E-state index in [9.17, 15) is 0 Å². The Morgan fingerprint density at radius 3 is 1.78 bits per heavy atom. The van der Waals surface area contributed by atoms with E-state index in [1.165, 1.54) is 12.8 Å². The number of nitrogens with zero attached hydrogens (tertiary/aromatic N) is 1. The maximum absolute atomic E-state index is 4.32. The molecule has 0 amide bonds. The Morgan fingerprint density at radius 2 is 1.67 bits per heavy atom. The minimum absolute atomic E-state index is 0.665. The van der Waals surface area contributed by atoms with Crippen LogP contribution in [0.25, 0.3) is 0 Å². The third-order valence-electron chi connectivity index (χ3n) is 1.69. The molecular formula is C7H17NS. The highest BCUT2D eigenvalue weighted by molar-refractivity contribution is 7.77. The minimum Gasteiger partial charge on any atom is -0.251 e. The van der Waals surface area contributed by atoms with Crippen LogP contribution in [0.4, 0.5) is 0 Å². The van der Waals surface area contributed by atoms with Crippen LogP contribution in [0.15, 0.2) is 0 Å². The second-order valence-corrected chi connectivity index (χ2v) is 2.74. The molecule has 2 heteroatoms. The third kappa shape index (κ3) is 3.11. The molecule has 0 aromatic rings. The van der Waals surface area contributed by atoms with Crippen LogP contribution in [-0.2, 0) is 0 Å². The van der Waals surface area contributed by atoms with Crippen LogP contribution < -0.4 is 0 Å². The molecule has 1 nitrogen and oxygen atoms in total. The van der Waals surface area contributed by atoms with Crippen LogP contribution in [0.2, 0.25) is 0 Å². The zero-order valence-electron chi connectivity index (χ0n) is 6.59. The van der Waals surface area contributed by atoms with Gasteiger partial charge in [-0.15, -0.1) is 0 Å². The van der Waals surface area contributed by atoms with Gasteiger partial charge in [0.05, 0.1) is 0 Å². The van der Waals surface area contributed by atoms with Crippen LogP contribution in [0.1, 0.15) is 33.6 Å². The van der Waals surface area contributed by atoms with Crippen molar-refractivity contribution in [3.8, 4) is 0 Å². The maximum atomic E-state index is 4.32. The fraction of sp³-hybridized carbons (Fsp3) is 1.00. The van der Waals surface area contributed by atoms with Gasteiger partial charge in [-0.1, -0.05) is 33.6 Å². The Kier molecular flexibility index (Phi) is 5.30. The summed E-state index contributed by atoms with van der Waals surface area (Å²) < 4.78 is 2.10. The van der Waals surface area contributed by atoms with Crippen molar-refractivity contribution in [2.24, 2.45) is 0 Å². The molecule has 0 aliphatic rings. The molecule has 0 fully saturated rings. The van der Waals surface area contributed by atoms with Gasteiger partial charge >= 0.3 is 0 Å². The summed E-state index contributed by atoms with van der Waals surface area (Å²) >= 11 is 4.32. The van der Waals surface area contributed by atoms with E-state index in [-0.39, 0.29) is 0 Å². The summed E-state index contributed by atoms with van der Waals surface area (Å²) in [6.45, 7) is 7.57.